The number of carbonyl (C=O) groups excluding carboxylic acids is 4. The number of nitrogens with zero attached hydrogens (tertiary/aromatic N) is 1. The first-order chi connectivity index (χ1) is 26.5. The van der Waals surface area contributed by atoms with E-state index in [-0.39, 0.29) is 37.0 Å². The van der Waals surface area contributed by atoms with E-state index in [9.17, 15) is 32.3 Å². The van der Waals surface area contributed by atoms with Crippen molar-refractivity contribution in [3.63, 3.8) is 0 Å². The van der Waals surface area contributed by atoms with E-state index in [0.29, 0.717) is 41.0 Å². The van der Waals surface area contributed by atoms with Crippen LogP contribution in [0.3, 0.4) is 0 Å². The maximum absolute atomic E-state index is 13.8. The number of amides is 3. The Labute approximate surface area is 329 Å². The second-order valence-corrected chi connectivity index (χ2v) is 13.7. The highest BCUT2D eigenvalue weighted by molar-refractivity contribution is 14.1. The smallest absolute Gasteiger partial charge is 0.416 e. The normalized spacial score (nSPS) is 14.5. The summed E-state index contributed by atoms with van der Waals surface area (Å²) in [5, 5.41) is 11.3. The molecule has 4 N–H and O–H groups in total. The van der Waals surface area contributed by atoms with Crippen LogP contribution in [0, 0.1) is 0 Å². The van der Waals surface area contributed by atoms with E-state index in [2.05, 4.69) is 55.6 Å². The van der Waals surface area contributed by atoms with E-state index < -0.39 is 47.5 Å². The van der Waals surface area contributed by atoms with Crippen molar-refractivity contribution in [2.75, 3.05) is 42.7 Å². The van der Waals surface area contributed by atoms with Crippen molar-refractivity contribution in [2.24, 2.45) is 4.99 Å². The molecule has 15 heteroatoms. The third-order valence-electron chi connectivity index (χ3n) is 8.72. The fourth-order valence-corrected chi connectivity index (χ4v) is 5.99. The molecule has 2 atom stereocenters. The van der Waals surface area contributed by atoms with Crippen molar-refractivity contribution in [3.05, 3.63) is 119 Å². The molecule has 5 rings (SSSR count). The molecule has 288 valence electrons. The monoisotopic (exact) mass is 869 g/mol. The third-order valence-corrected chi connectivity index (χ3v) is 9.48. The molecule has 0 spiro atoms. The molecule has 1 fully saturated rings. The molecule has 4 aromatic rings. The predicted molar refractivity (Wildman–Crippen MR) is 210 cm³/mol. The zero-order valence-electron chi connectivity index (χ0n) is 29.6. The number of hydrogen-bond acceptors (Lipinski definition) is 8. The van der Waals surface area contributed by atoms with E-state index in [1.165, 1.54) is 12.1 Å². The van der Waals surface area contributed by atoms with Gasteiger partial charge in [-0.05, 0) is 65.7 Å². The molecule has 1 aliphatic heterocycles. The molecule has 0 aliphatic carbocycles. The summed E-state index contributed by atoms with van der Waals surface area (Å²) in [5.41, 5.74) is -0.576. The summed E-state index contributed by atoms with van der Waals surface area (Å²) in [6.07, 6.45) is -4.06. The molecular weight excluding hydrogens is 830 g/mol. The largest absolute Gasteiger partial charge is 0.491 e. The van der Waals surface area contributed by atoms with Gasteiger partial charge in [0.15, 0.2) is 5.41 Å². The number of nitrogens with one attached hydrogen (secondary N) is 4. The summed E-state index contributed by atoms with van der Waals surface area (Å²) in [4.78, 5) is 58.2. The molecule has 0 saturated carbocycles. The van der Waals surface area contributed by atoms with Gasteiger partial charge >= 0.3 is 12.1 Å². The first-order valence-electron chi connectivity index (χ1n) is 17.3. The number of carbonyl (C=O) groups is 4. The van der Waals surface area contributed by atoms with Crippen LogP contribution >= 0.6 is 22.6 Å². The van der Waals surface area contributed by atoms with Crippen molar-refractivity contribution >= 4 is 58.7 Å². The molecule has 3 amide bonds. The van der Waals surface area contributed by atoms with Gasteiger partial charge < -0.3 is 30.7 Å². The molecule has 0 aromatic heterocycles. The highest BCUT2D eigenvalue weighted by Crippen LogP contribution is 2.33. The number of ether oxygens (including phenoxy) is 2. The van der Waals surface area contributed by atoms with Crippen LogP contribution in [0.4, 0.5) is 18.9 Å². The molecular formula is C40H39F3IN5O6. The number of anilines is 1. The van der Waals surface area contributed by atoms with Crippen molar-refractivity contribution in [1.82, 2.24) is 16.0 Å². The zero-order valence-corrected chi connectivity index (χ0v) is 31.7. The summed E-state index contributed by atoms with van der Waals surface area (Å²) in [6.45, 7) is 3.93. The third kappa shape index (κ3) is 10.7. The Balaban J connectivity index is 1.35. The standard InChI is InChI=1S/C40H39F3IN5O6/c1-45-25-48-38(53)39(28-8-3-2-4-9-28,37(52)47-23-30-22-46-30)24-55-35(50)21-26-12-17-33(34(20-26)54-19-7-18-44)49-36(51)32-11-6-5-10-31(32)27-13-15-29(16-14-27)40(41,42)43/h2-6,8-17,20,30,46H,1,7,18-19,21-25H2,(H,47,52)(H,48,53)(H,49,51). The summed E-state index contributed by atoms with van der Waals surface area (Å²) in [7, 11) is 0. The number of aliphatic imine (C=N–C) groups is 1. The average Bonchev–Trinajstić information content (AvgIpc) is 4.02. The number of hydrogen-bond donors (Lipinski definition) is 4. The Hall–Kier alpha value is -5.29. The number of benzene rings is 4. The number of alkyl halides is 4. The topological polar surface area (TPSA) is 157 Å². The fourth-order valence-electron chi connectivity index (χ4n) is 5.68. The highest BCUT2D eigenvalue weighted by atomic mass is 127. The minimum absolute atomic E-state index is 0.0766. The summed E-state index contributed by atoms with van der Waals surface area (Å²) in [6, 6.07) is 24.2. The minimum atomic E-state index is -4.50. The van der Waals surface area contributed by atoms with E-state index in [0.717, 1.165) is 23.1 Å². The molecule has 4 aromatic carbocycles. The molecule has 1 saturated heterocycles. The SMILES string of the molecule is C=NCNC(=O)C(COC(=O)Cc1ccc(NC(=O)c2ccccc2-c2ccc(C(F)(F)F)cc2)c(OCCCI)c1)(C(=O)NCC1CN1)c1ccccc1. The molecule has 1 aliphatic rings. The second-order valence-electron chi connectivity index (χ2n) is 12.6. The summed E-state index contributed by atoms with van der Waals surface area (Å²) < 4.78 is 52.0. The van der Waals surface area contributed by atoms with Gasteiger partial charge in [0.25, 0.3) is 5.91 Å². The van der Waals surface area contributed by atoms with E-state index in [1.54, 1.807) is 72.8 Å². The quantitative estimate of drug-likeness (QED) is 0.0190. The second kappa shape index (κ2) is 18.8. The Kier molecular flexibility index (Phi) is 14.0. The van der Waals surface area contributed by atoms with E-state index in [1.807, 2.05) is 0 Å². The predicted octanol–water partition coefficient (Wildman–Crippen LogP) is 5.71. The average molecular weight is 870 g/mol. The lowest BCUT2D eigenvalue weighted by Crippen LogP contribution is -2.58. The molecule has 1 heterocycles. The lowest BCUT2D eigenvalue weighted by molar-refractivity contribution is -0.150. The highest BCUT2D eigenvalue weighted by Gasteiger charge is 2.49. The van der Waals surface area contributed by atoms with Crippen molar-refractivity contribution < 1.29 is 41.8 Å². The molecule has 2 unspecified atom stereocenters. The first-order valence-corrected chi connectivity index (χ1v) is 18.8. The fraction of sp³-hybridized carbons (Fsp3) is 0.275. The van der Waals surface area contributed by atoms with E-state index >= 15 is 0 Å². The molecule has 11 nitrogen and oxygen atoms in total. The van der Waals surface area contributed by atoms with Crippen LogP contribution in [0.1, 0.15) is 33.5 Å². The lowest BCUT2D eigenvalue weighted by atomic mass is 9.79. The Bertz CT molecular complexity index is 1990. The van der Waals surface area contributed by atoms with Gasteiger partial charge in [0.1, 0.15) is 19.0 Å². The summed E-state index contributed by atoms with van der Waals surface area (Å²) >= 11 is 2.21. The van der Waals surface area contributed by atoms with Gasteiger partial charge in [-0.1, -0.05) is 89.3 Å². The van der Waals surface area contributed by atoms with E-state index in [4.69, 9.17) is 9.47 Å². The van der Waals surface area contributed by atoms with Crippen LogP contribution in [0.25, 0.3) is 11.1 Å². The van der Waals surface area contributed by atoms with Crippen molar-refractivity contribution in [2.45, 2.75) is 30.5 Å². The maximum atomic E-state index is 13.8. The van der Waals surface area contributed by atoms with Gasteiger partial charge in [0.05, 0.1) is 24.3 Å². The van der Waals surface area contributed by atoms with Crippen LogP contribution in [-0.2, 0) is 37.1 Å². The Morgan fingerprint density at radius 3 is 2.25 bits per heavy atom. The molecule has 55 heavy (non-hydrogen) atoms. The first kappa shape index (κ1) is 40.9. The van der Waals surface area contributed by atoms with Crippen LogP contribution in [0.2, 0.25) is 0 Å². The Morgan fingerprint density at radius 1 is 0.891 bits per heavy atom. The van der Waals surface area contributed by atoms with Crippen LogP contribution in [-0.4, -0.2) is 73.8 Å². The minimum Gasteiger partial charge on any atom is -0.491 e. The van der Waals surface area contributed by atoms with Crippen LogP contribution in [0.15, 0.2) is 102 Å². The lowest BCUT2D eigenvalue weighted by Gasteiger charge is -2.31. The molecule has 0 bridgehead atoms. The Morgan fingerprint density at radius 2 is 1.58 bits per heavy atom. The van der Waals surface area contributed by atoms with Gasteiger partial charge in [-0.25, -0.2) is 0 Å². The van der Waals surface area contributed by atoms with Gasteiger partial charge in [0.2, 0.25) is 11.8 Å². The summed E-state index contributed by atoms with van der Waals surface area (Å²) in [5.74, 6) is -2.34. The van der Waals surface area contributed by atoms with Crippen LogP contribution < -0.4 is 26.0 Å². The van der Waals surface area contributed by atoms with Crippen molar-refractivity contribution in [1.29, 1.82) is 0 Å². The number of halogens is 4. The van der Waals surface area contributed by atoms with Gasteiger partial charge in [-0.3, -0.25) is 24.2 Å². The van der Waals surface area contributed by atoms with Gasteiger partial charge in [0, 0.05) is 29.1 Å². The van der Waals surface area contributed by atoms with Gasteiger partial charge in [-0.15, -0.1) is 0 Å². The maximum Gasteiger partial charge on any atom is 0.416 e. The number of rotatable bonds is 18. The van der Waals surface area contributed by atoms with Gasteiger partial charge in [-0.2, -0.15) is 13.2 Å². The van der Waals surface area contributed by atoms with Crippen LogP contribution in [0.5, 0.6) is 5.75 Å². The number of esters is 1. The van der Waals surface area contributed by atoms with Crippen molar-refractivity contribution in [3.8, 4) is 16.9 Å². The molecule has 0 radical (unpaired) electrons. The zero-order chi connectivity index (χ0) is 39.4.